The van der Waals surface area contributed by atoms with Gasteiger partial charge in [0, 0.05) is 12.4 Å². The van der Waals surface area contributed by atoms with Crippen LogP contribution in [0.4, 0.5) is 0 Å². The van der Waals surface area contributed by atoms with Gasteiger partial charge in [-0.05, 0) is 17.5 Å². The lowest BCUT2D eigenvalue weighted by Gasteiger charge is -2.04. The zero-order valence-corrected chi connectivity index (χ0v) is 8.27. The molecule has 0 saturated heterocycles. The lowest BCUT2D eigenvalue weighted by atomic mass is 10.0. The second kappa shape index (κ2) is 3.62. The summed E-state index contributed by atoms with van der Waals surface area (Å²) < 4.78 is 5.20. The van der Waals surface area contributed by atoms with E-state index < -0.39 is 0 Å². The Morgan fingerprint density at radius 1 is 1.29 bits per heavy atom. The van der Waals surface area contributed by atoms with Crippen molar-refractivity contribution in [1.82, 2.24) is 9.97 Å². The maximum atomic E-state index is 5.20. The van der Waals surface area contributed by atoms with Crippen molar-refractivity contribution in [3.8, 4) is 11.5 Å². The molecule has 0 aliphatic carbocycles. The lowest BCUT2D eigenvalue weighted by Crippen LogP contribution is -1.89. The lowest BCUT2D eigenvalue weighted by molar-refractivity contribution is 0.574. The highest BCUT2D eigenvalue weighted by Gasteiger charge is 2.05. The van der Waals surface area contributed by atoms with Gasteiger partial charge in [0.1, 0.15) is 6.26 Å². The van der Waals surface area contributed by atoms with Crippen molar-refractivity contribution in [2.24, 2.45) is 0 Å². The van der Waals surface area contributed by atoms with Crippen LogP contribution in [0.2, 0.25) is 0 Å². The van der Waals surface area contributed by atoms with Crippen LogP contribution >= 0.6 is 0 Å². The minimum absolute atomic E-state index is 0.470. The molecule has 0 fully saturated rings. The summed E-state index contributed by atoms with van der Waals surface area (Å²) in [7, 11) is 0. The third-order valence-electron chi connectivity index (χ3n) is 2.11. The summed E-state index contributed by atoms with van der Waals surface area (Å²) in [5.74, 6) is 1.09. The van der Waals surface area contributed by atoms with Gasteiger partial charge in [-0.1, -0.05) is 13.8 Å². The van der Waals surface area contributed by atoms with Gasteiger partial charge in [0.05, 0.1) is 11.8 Å². The number of oxazole rings is 1. The van der Waals surface area contributed by atoms with Crippen LogP contribution in [0.25, 0.3) is 11.5 Å². The number of pyridine rings is 1. The zero-order valence-electron chi connectivity index (χ0n) is 8.27. The molecule has 0 amide bonds. The predicted octanol–water partition coefficient (Wildman–Crippen LogP) is 2.86. The monoisotopic (exact) mass is 188 g/mol. The molecule has 0 aromatic carbocycles. The molecule has 0 aliphatic rings. The van der Waals surface area contributed by atoms with Gasteiger partial charge in [0.2, 0.25) is 5.89 Å². The Morgan fingerprint density at radius 2 is 2.14 bits per heavy atom. The SMILES string of the molecule is CC(C)c1cncc(-c2ncco2)c1. The average Bonchev–Trinajstić information content (AvgIpc) is 2.71. The van der Waals surface area contributed by atoms with E-state index in [0.717, 1.165) is 5.56 Å². The van der Waals surface area contributed by atoms with E-state index >= 15 is 0 Å². The van der Waals surface area contributed by atoms with Crippen LogP contribution < -0.4 is 0 Å². The molecule has 0 saturated carbocycles. The first-order chi connectivity index (χ1) is 6.77. The molecule has 2 aromatic heterocycles. The quantitative estimate of drug-likeness (QED) is 0.727. The van der Waals surface area contributed by atoms with E-state index in [9.17, 15) is 0 Å². The molecule has 0 atom stereocenters. The molecule has 0 aliphatic heterocycles. The van der Waals surface area contributed by atoms with E-state index in [2.05, 4.69) is 29.9 Å². The number of nitrogens with zero attached hydrogens (tertiary/aromatic N) is 2. The van der Waals surface area contributed by atoms with E-state index in [1.54, 1.807) is 18.7 Å². The summed E-state index contributed by atoms with van der Waals surface area (Å²) >= 11 is 0. The van der Waals surface area contributed by atoms with Crippen molar-refractivity contribution in [3.05, 3.63) is 36.5 Å². The second-order valence-electron chi connectivity index (χ2n) is 3.50. The molecule has 0 N–H and O–H groups in total. The summed E-state index contributed by atoms with van der Waals surface area (Å²) in [6.07, 6.45) is 6.84. The molecule has 2 rings (SSSR count). The molecule has 2 heterocycles. The largest absolute Gasteiger partial charge is 0.444 e. The third kappa shape index (κ3) is 1.66. The van der Waals surface area contributed by atoms with Gasteiger partial charge in [0.25, 0.3) is 0 Å². The minimum Gasteiger partial charge on any atom is -0.444 e. The van der Waals surface area contributed by atoms with E-state index in [-0.39, 0.29) is 0 Å². The maximum absolute atomic E-state index is 5.20. The Morgan fingerprint density at radius 3 is 2.79 bits per heavy atom. The first-order valence-electron chi connectivity index (χ1n) is 4.62. The molecule has 0 unspecified atom stereocenters. The van der Waals surface area contributed by atoms with Gasteiger partial charge in [-0.2, -0.15) is 0 Å². The fourth-order valence-corrected chi connectivity index (χ4v) is 1.26. The number of hydrogen-bond donors (Lipinski definition) is 0. The molecule has 0 spiro atoms. The van der Waals surface area contributed by atoms with Crippen LogP contribution in [-0.4, -0.2) is 9.97 Å². The summed E-state index contributed by atoms with van der Waals surface area (Å²) in [5, 5.41) is 0. The van der Waals surface area contributed by atoms with Gasteiger partial charge in [-0.15, -0.1) is 0 Å². The van der Waals surface area contributed by atoms with Crippen molar-refractivity contribution in [1.29, 1.82) is 0 Å². The fraction of sp³-hybridized carbons (Fsp3) is 0.273. The molecule has 2 aromatic rings. The van der Waals surface area contributed by atoms with Crippen LogP contribution in [0.3, 0.4) is 0 Å². The van der Waals surface area contributed by atoms with Crippen LogP contribution in [0, 0.1) is 0 Å². The molecular formula is C11H12N2O. The van der Waals surface area contributed by atoms with Gasteiger partial charge >= 0.3 is 0 Å². The first kappa shape index (κ1) is 8.94. The molecule has 3 nitrogen and oxygen atoms in total. The predicted molar refractivity (Wildman–Crippen MR) is 53.8 cm³/mol. The fourth-order valence-electron chi connectivity index (χ4n) is 1.26. The minimum atomic E-state index is 0.470. The van der Waals surface area contributed by atoms with Crippen LogP contribution in [0.15, 0.2) is 35.3 Å². The van der Waals surface area contributed by atoms with Crippen molar-refractivity contribution in [2.75, 3.05) is 0 Å². The second-order valence-corrected chi connectivity index (χ2v) is 3.50. The van der Waals surface area contributed by atoms with Gasteiger partial charge in [-0.3, -0.25) is 4.98 Å². The van der Waals surface area contributed by atoms with E-state index in [0.29, 0.717) is 11.8 Å². The van der Waals surface area contributed by atoms with E-state index in [1.165, 1.54) is 5.56 Å². The molecular weight excluding hydrogens is 176 g/mol. The summed E-state index contributed by atoms with van der Waals surface area (Å²) in [6, 6.07) is 2.06. The van der Waals surface area contributed by atoms with Gasteiger partial charge in [0.15, 0.2) is 0 Å². The smallest absolute Gasteiger partial charge is 0.227 e. The van der Waals surface area contributed by atoms with Gasteiger partial charge < -0.3 is 4.42 Å². The molecule has 0 radical (unpaired) electrons. The zero-order chi connectivity index (χ0) is 9.97. The highest BCUT2D eigenvalue weighted by Crippen LogP contribution is 2.20. The van der Waals surface area contributed by atoms with Crippen LogP contribution in [0.5, 0.6) is 0 Å². The third-order valence-corrected chi connectivity index (χ3v) is 2.11. The Balaban J connectivity index is 2.41. The van der Waals surface area contributed by atoms with Crippen molar-refractivity contribution >= 4 is 0 Å². The number of hydrogen-bond acceptors (Lipinski definition) is 3. The summed E-state index contributed by atoms with van der Waals surface area (Å²) in [4.78, 5) is 8.24. The summed E-state index contributed by atoms with van der Waals surface area (Å²) in [5.41, 5.74) is 2.13. The molecule has 72 valence electrons. The molecule has 14 heavy (non-hydrogen) atoms. The van der Waals surface area contributed by atoms with E-state index in [4.69, 9.17) is 4.42 Å². The molecule has 0 bridgehead atoms. The standard InChI is InChI=1S/C11H12N2O/c1-8(2)9-5-10(7-12-6-9)11-13-3-4-14-11/h3-8H,1-2H3. The normalized spacial score (nSPS) is 10.8. The Kier molecular flexibility index (Phi) is 2.31. The first-order valence-corrected chi connectivity index (χ1v) is 4.62. The van der Waals surface area contributed by atoms with Crippen molar-refractivity contribution in [2.45, 2.75) is 19.8 Å². The van der Waals surface area contributed by atoms with E-state index in [1.807, 2.05) is 6.20 Å². The Hall–Kier alpha value is -1.64. The van der Waals surface area contributed by atoms with Crippen LogP contribution in [-0.2, 0) is 0 Å². The molecule has 3 heteroatoms. The number of rotatable bonds is 2. The Bertz CT molecular complexity index is 407. The van der Waals surface area contributed by atoms with Gasteiger partial charge in [-0.25, -0.2) is 4.98 Å². The van der Waals surface area contributed by atoms with Crippen molar-refractivity contribution in [3.63, 3.8) is 0 Å². The summed E-state index contributed by atoms with van der Waals surface area (Å²) in [6.45, 7) is 4.27. The topological polar surface area (TPSA) is 38.9 Å². The highest BCUT2D eigenvalue weighted by molar-refractivity contribution is 5.52. The highest BCUT2D eigenvalue weighted by atomic mass is 16.3. The Labute approximate surface area is 82.8 Å². The maximum Gasteiger partial charge on any atom is 0.227 e. The average molecular weight is 188 g/mol. The number of aromatic nitrogens is 2. The van der Waals surface area contributed by atoms with Crippen molar-refractivity contribution < 1.29 is 4.42 Å². The van der Waals surface area contributed by atoms with Crippen LogP contribution in [0.1, 0.15) is 25.3 Å².